The highest BCUT2D eigenvalue weighted by Gasteiger charge is 2.17. The van der Waals surface area contributed by atoms with Crippen molar-refractivity contribution in [3.05, 3.63) is 52.9 Å². The van der Waals surface area contributed by atoms with Crippen LogP contribution in [0.25, 0.3) is 21.8 Å². The highest BCUT2D eigenvalue weighted by molar-refractivity contribution is 7.71. The molecule has 6 nitrogen and oxygen atoms in total. The minimum atomic E-state index is 0. The lowest BCUT2D eigenvalue weighted by molar-refractivity contribution is -0.690. The maximum absolute atomic E-state index is 6.46. The van der Waals surface area contributed by atoms with Crippen molar-refractivity contribution >= 4 is 39.8 Å². The van der Waals surface area contributed by atoms with Crippen molar-refractivity contribution in [2.24, 2.45) is 0 Å². The van der Waals surface area contributed by atoms with Crippen LogP contribution < -0.4 is 32.2 Å². The quantitative estimate of drug-likeness (QED) is 0.327. The van der Waals surface area contributed by atoms with E-state index in [1.54, 1.807) is 14.2 Å². The molecule has 2 aromatic carbocycles. The Morgan fingerprint density at radius 3 is 2.50 bits per heavy atom. The van der Waals surface area contributed by atoms with E-state index in [0.717, 1.165) is 22.8 Å². The Morgan fingerprint density at radius 1 is 1.04 bits per heavy atom. The summed E-state index contributed by atoms with van der Waals surface area (Å²) in [5.41, 5.74) is 9.64. The molecule has 0 atom stereocenters. The van der Waals surface area contributed by atoms with Crippen molar-refractivity contribution in [1.29, 1.82) is 0 Å². The van der Waals surface area contributed by atoms with Gasteiger partial charge >= 0.3 is 0 Å². The van der Waals surface area contributed by atoms with Crippen molar-refractivity contribution < 1.29 is 26.4 Å². The van der Waals surface area contributed by atoms with Gasteiger partial charge in [-0.05, 0) is 23.8 Å². The number of nitrogen functional groups attached to an aromatic ring is 1. The van der Waals surface area contributed by atoms with Gasteiger partial charge in [0.25, 0.3) is 4.77 Å². The number of aromatic amines is 2. The molecule has 4 rings (SSSR count). The van der Waals surface area contributed by atoms with Crippen LogP contribution in [0.4, 0.5) is 5.82 Å². The highest BCUT2D eigenvalue weighted by Crippen LogP contribution is 2.32. The Hall–Kier alpha value is -2.77. The standard InChI is InChI=1S/C20H20N4O2S.ClH/c1-25-17-9-14-16(10-18(17)26-2)23-20(27)24(19(14)21)8-7-12-11-22-15-6-4-3-5-13(12)15;/h3-6,9-11,22H,7-8H2,1-2H3,(H2,21,23,27);1H. The van der Waals surface area contributed by atoms with Crippen LogP contribution in [0.15, 0.2) is 42.6 Å². The molecule has 0 aliphatic rings. The van der Waals surface area contributed by atoms with Gasteiger partial charge in [-0.25, -0.2) is 4.57 Å². The fraction of sp³-hybridized carbons (Fsp3) is 0.200. The zero-order valence-electron chi connectivity index (χ0n) is 15.6. The number of nitrogens with two attached hydrogens (primary N) is 1. The van der Waals surface area contributed by atoms with Gasteiger partial charge in [-0.1, -0.05) is 18.2 Å². The van der Waals surface area contributed by atoms with Gasteiger partial charge in [-0.2, -0.15) is 0 Å². The Labute approximate surface area is 173 Å². The summed E-state index contributed by atoms with van der Waals surface area (Å²) in [5, 5.41) is 2.07. The van der Waals surface area contributed by atoms with Gasteiger partial charge in [0, 0.05) is 35.7 Å². The number of hydrogen-bond donors (Lipinski definition) is 3. The molecule has 0 unspecified atom stereocenters. The molecule has 8 heteroatoms. The van der Waals surface area contributed by atoms with Crippen molar-refractivity contribution in [2.75, 3.05) is 20.0 Å². The van der Waals surface area contributed by atoms with Crippen LogP contribution >= 0.6 is 12.2 Å². The summed E-state index contributed by atoms with van der Waals surface area (Å²) in [6.07, 6.45) is 2.86. The van der Waals surface area contributed by atoms with E-state index in [-0.39, 0.29) is 12.4 Å². The summed E-state index contributed by atoms with van der Waals surface area (Å²) >= 11 is 5.55. The maximum atomic E-state index is 6.46. The number of anilines is 1. The highest BCUT2D eigenvalue weighted by atomic mass is 35.5. The van der Waals surface area contributed by atoms with Gasteiger partial charge in [0.15, 0.2) is 11.5 Å². The normalized spacial score (nSPS) is 10.8. The van der Waals surface area contributed by atoms with Gasteiger partial charge in [0.05, 0.1) is 26.2 Å². The minimum Gasteiger partial charge on any atom is -1.00 e. The minimum absolute atomic E-state index is 0. The van der Waals surface area contributed by atoms with Crippen LogP contribution in [0.2, 0.25) is 0 Å². The molecule has 146 valence electrons. The van der Waals surface area contributed by atoms with E-state index in [1.165, 1.54) is 10.9 Å². The summed E-state index contributed by atoms with van der Waals surface area (Å²) in [4.78, 5) is 6.55. The molecule has 0 spiro atoms. The summed E-state index contributed by atoms with van der Waals surface area (Å²) in [6.45, 7) is 0.674. The third-order valence-electron chi connectivity index (χ3n) is 4.86. The summed E-state index contributed by atoms with van der Waals surface area (Å²) in [7, 11) is 3.21. The van der Waals surface area contributed by atoms with Gasteiger partial charge in [-0.3, -0.25) is 4.98 Å². The summed E-state index contributed by atoms with van der Waals surface area (Å²) in [6, 6.07) is 12.0. The maximum Gasteiger partial charge on any atom is 0.295 e. The number of fused-ring (bicyclic) bond motifs is 2. The predicted molar refractivity (Wildman–Crippen MR) is 109 cm³/mol. The van der Waals surface area contributed by atoms with Gasteiger partial charge in [0.2, 0.25) is 5.82 Å². The lowest BCUT2D eigenvalue weighted by Crippen LogP contribution is -3.00. The first-order valence-electron chi connectivity index (χ1n) is 8.64. The third-order valence-corrected chi connectivity index (χ3v) is 5.18. The van der Waals surface area contributed by atoms with Crippen molar-refractivity contribution in [2.45, 2.75) is 13.0 Å². The molecule has 0 aliphatic carbocycles. The summed E-state index contributed by atoms with van der Waals surface area (Å²) in [5.74, 6) is 1.87. The van der Waals surface area contributed by atoms with E-state index in [1.807, 2.05) is 35.0 Å². The molecule has 0 radical (unpaired) electrons. The second-order valence-electron chi connectivity index (χ2n) is 6.33. The molecule has 28 heavy (non-hydrogen) atoms. The number of aromatic nitrogens is 3. The van der Waals surface area contributed by atoms with Crippen LogP contribution in [0, 0.1) is 4.77 Å². The van der Waals surface area contributed by atoms with Gasteiger partial charge in [0.1, 0.15) is 5.52 Å². The number of aryl methyl sites for hydroxylation is 1. The largest absolute Gasteiger partial charge is 1.00 e. The predicted octanol–water partition coefficient (Wildman–Crippen LogP) is 0.512. The molecule has 0 amide bonds. The number of para-hydroxylation sites is 1. The second-order valence-corrected chi connectivity index (χ2v) is 6.72. The Morgan fingerprint density at radius 2 is 1.75 bits per heavy atom. The van der Waals surface area contributed by atoms with Crippen molar-refractivity contribution in [1.82, 2.24) is 9.97 Å². The number of rotatable bonds is 5. The molecule has 0 fully saturated rings. The molecular formula is C20H21ClN4O2S. The monoisotopic (exact) mass is 416 g/mol. The SMILES string of the molecule is COc1cc2[nH]c(=S)[n+](CCc3c[nH]c4ccccc34)c(N)c2cc1OC.[Cl-]. The topological polar surface area (TPSA) is 79.9 Å². The van der Waals surface area contributed by atoms with Crippen LogP contribution in [0.5, 0.6) is 11.5 Å². The number of methoxy groups -OCH3 is 2. The molecular weight excluding hydrogens is 396 g/mol. The van der Waals surface area contributed by atoms with Crippen molar-refractivity contribution in [3.63, 3.8) is 0 Å². The first-order valence-corrected chi connectivity index (χ1v) is 9.05. The van der Waals surface area contributed by atoms with Crippen LogP contribution in [-0.2, 0) is 13.0 Å². The average Bonchev–Trinajstić information content (AvgIpc) is 3.10. The lowest BCUT2D eigenvalue weighted by atomic mass is 10.1. The number of H-pyrrole nitrogens is 2. The molecule has 0 bridgehead atoms. The second kappa shape index (κ2) is 8.08. The number of halogens is 1. The molecule has 0 aliphatic heterocycles. The number of nitrogens with zero attached hydrogens (tertiary/aromatic N) is 1. The first-order chi connectivity index (χ1) is 13.1. The molecule has 4 aromatic rings. The van der Waals surface area contributed by atoms with E-state index < -0.39 is 0 Å². The number of benzene rings is 2. The molecule has 0 saturated heterocycles. The zero-order chi connectivity index (χ0) is 19.0. The Balaban J connectivity index is 0.00000225. The van der Waals surface area contributed by atoms with Crippen LogP contribution in [-0.4, -0.2) is 24.2 Å². The lowest BCUT2D eigenvalue weighted by Gasteiger charge is -2.11. The first kappa shape index (κ1) is 20.0. The number of ether oxygens (including phenoxy) is 2. The van der Waals surface area contributed by atoms with E-state index >= 15 is 0 Å². The van der Waals surface area contributed by atoms with Crippen molar-refractivity contribution in [3.8, 4) is 11.5 Å². The van der Waals surface area contributed by atoms with E-state index in [0.29, 0.717) is 28.6 Å². The van der Waals surface area contributed by atoms with E-state index in [4.69, 9.17) is 27.4 Å². The molecule has 2 heterocycles. The average molecular weight is 417 g/mol. The Kier molecular flexibility index (Phi) is 5.76. The number of nitrogens with one attached hydrogen (secondary N) is 2. The smallest absolute Gasteiger partial charge is 0.295 e. The van der Waals surface area contributed by atoms with Gasteiger partial charge < -0.3 is 32.6 Å². The fourth-order valence-electron chi connectivity index (χ4n) is 3.42. The van der Waals surface area contributed by atoms with E-state index in [9.17, 15) is 0 Å². The number of hydrogen-bond acceptors (Lipinski definition) is 4. The molecule has 2 aromatic heterocycles. The van der Waals surface area contributed by atoms with Crippen LogP contribution in [0.3, 0.4) is 0 Å². The zero-order valence-corrected chi connectivity index (χ0v) is 17.2. The van der Waals surface area contributed by atoms with Crippen LogP contribution in [0.1, 0.15) is 5.56 Å². The molecule has 0 saturated carbocycles. The van der Waals surface area contributed by atoms with Gasteiger partial charge in [-0.15, -0.1) is 0 Å². The summed E-state index contributed by atoms with van der Waals surface area (Å²) < 4.78 is 13.3. The third kappa shape index (κ3) is 3.39. The Bertz CT molecular complexity index is 1200. The molecule has 4 N–H and O–H groups in total. The van der Waals surface area contributed by atoms with E-state index in [2.05, 4.69) is 22.1 Å². The fourth-order valence-corrected chi connectivity index (χ4v) is 3.72.